The van der Waals surface area contributed by atoms with E-state index in [9.17, 15) is 4.79 Å². The molecule has 3 heteroatoms. The Morgan fingerprint density at radius 3 is 2.94 bits per heavy atom. The highest BCUT2D eigenvalue weighted by atomic mass is 16.5. The summed E-state index contributed by atoms with van der Waals surface area (Å²) in [5.41, 5.74) is 2.93. The van der Waals surface area contributed by atoms with E-state index in [1.54, 1.807) is 0 Å². The van der Waals surface area contributed by atoms with Gasteiger partial charge in [0, 0.05) is 6.04 Å². The maximum absolute atomic E-state index is 11.6. The second kappa shape index (κ2) is 4.66. The number of carbonyl (C=O) groups is 1. The lowest BCUT2D eigenvalue weighted by Gasteiger charge is -2.15. The van der Waals surface area contributed by atoms with Crippen molar-refractivity contribution in [3.8, 4) is 0 Å². The lowest BCUT2D eigenvalue weighted by molar-refractivity contribution is 0.0599. The molecule has 3 nitrogen and oxygen atoms in total. The van der Waals surface area contributed by atoms with Crippen LogP contribution in [-0.2, 0) is 4.74 Å². The highest BCUT2D eigenvalue weighted by Gasteiger charge is 2.20. The Morgan fingerprint density at radius 1 is 1.50 bits per heavy atom. The standard InChI is InChI=1S/C13H17NO2/c1-9-10(12-7-4-8-14-12)5-3-6-11(9)13(15)16-2/h3,5-6,12,14H,4,7-8H2,1-2H3. The Bertz CT molecular complexity index is 395. The van der Waals surface area contributed by atoms with Gasteiger partial charge in [0.2, 0.25) is 0 Å². The minimum atomic E-state index is -0.252. The molecule has 1 atom stereocenters. The second-order valence-electron chi connectivity index (χ2n) is 4.16. The normalized spacial score (nSPS) is 19.8. The number of esters is 1. The fraction of sp³-hybridized carbons (Fsp3) is 0.462. The van der Waals surface area contributed by atoms with E-state index in [1.165, 1.54) is 19.1 Å². The summed E-state index contributed by atoms with van der Waals surface area (Å²) in [5.74, 6) is -0.252. The van der Waals surface area contributed by atoms with Gasteiger partial charge in [0.15, 0.2) is 0 Å². The van der Waals surface area contributed by atoms with Crippen LogP contribution in [0.5, 0.6) is 0 Å². The van der Waals surface area contributed by atoms with Crippen LogP contribution in [0.4, 0.5) is 0 Å². The summed E-state index contributed by atoms with van der Waals surface area (Å²) < 4.78 is 4.78. The van der Waals surface area contributed by atoms with Crippen LogP contribution >= 0.6 is 0 Å². The number of methoxy groups -OCH3 is 1. The Kier molecular flexibility index (Phi) is 3.25. The Balaban J connectivity index is 2.35. The maximum Gasteiger partial charge on any atom is 0.338 e. The molecule has 0 bridgehead atoms. The first-order valence-corrected chi connectivity index (χ1v) is 5.65. The minimum absolute atomic E-state index is 0.252. The van der Waals surface area contributed by atoms with Gasteiger partial charge in [-0.2, -0.15) is 0 Å². The molecule has 0 aromatic heterocycles. The van der Waals surface area contributed by atoms with E-state index in [2.05, 4.69) is 11.4 Å². The number of hydrogen-bond donors (Lipinski definition) is 1. The molecule has 1 unspecified atom stereocenters. The topological polar surface area (TPSA) is 38.3 Å². The molecule has 1 aliphatic heterocycles. The monoisotopic (exact) mass is 219 g/mol. The van der Waals surface area contributed by atoms with Crippen LogP contribution in [0.15, 0.2) is 18.2 Å². The maximum atomic E-state index is 11.6. The molecule has 2 rings (SSSR count). The first-order valence-electron chi connectivity index (χ1n) is 5.65. The van der Waals surface area contributed by atoms with Gasteiger partial charge in [0.05, 0.1) is 12.7 Å². The molecule has 0 spiro atoms. The van der Waals surface area contributed by atoms with Gasteiger partial charge in [-0.25, -0.2) is 4.79 Å². The smallest absolute Gasteiger partial charge is 0.338 e. The highest BCUT2D eigenvalue weighted by Crippen LogP contribution is 2.27. The Labute approximate surface area is 95.8 Å². The molecule has 0 radical (unpaired) electrons. The van der Waals surface area contributed by atoms with E-state index in [0.29, 0.717) is 11.6 Å². The third kappa shape index (κ3) is 1.95. The minimum Gasteiger partial charge on any atom is -0.465 e. The Hall–Kier alpha value is -1.35. The van der Waals surface area contributed by atoms with Crippen LogP contribution in [-0.4, -0.2) is 19.6 Å². The van der Waals surface area contributed by atoms with E-state index in [4.69, 9.17) is 4.74 Å². The number of nitrogens with one attached hydrogen (secondary N) is 1. The van der Waals surface area contributed by atoms with Crippen molar-refractivity contribution in [1.82, 2.24) is 5.32 Å². The predicted octanol–water partition coefficient (Wildman–Crippen LogP) is 2.21. The van der Waals surface area contributed by atoms with Gasteiger partial charge in [-0.1, -0.05) is 12.1 Å². The summed E-state index contributed by atoms with van der Waals surface area (Å²) in [5, 5.41) is 3.45. The molecule has 1 aliphatic rings. The van der Waals surface area contributed by atoms with Gasteiger partial charge < -0.3 is 10.1 Å². The van der Waals surface area contributed by atoms with Crippen molar-refractivity contribution in [3.05, 3.63) is 34.9 Å². The van der Waals surface area contributed by atoms with Gasteiger partial charge in [-0.15, -0.1) is 0 Å². The zero-order chi connectivity index (χ0) is 11.5. The molecule has 1 saturated heterocycles. The number of ether oxygens (including phenoxy) is 1. The van der Waals surface area contributed by atoms with Crippen molar-refractivity contribution < 1.29 is 9.53 Å². The van der Waals surface area contributed by atoms with Crippen molar-refractivity contribution in [2.45, 2.75) is 25.8 Å². The SMILES string of the molecule is COC(=O)c1cccc(C2CCCN2)c1C. The molecule has 0 amide bonds. The zero-order valence-electron chi connectivity index (χ0n) is 9.75. The summed E-state index contributed by atoms with van der Waals surface area (Å²) >= 11 is 0. The number of benzene rings is 1. The summed E-state index contributed by atoms with van der Waals surface area (Å²) in [6.07, 6.45) is 2.35. The quantitative estimate of drug-likeness (QED) is 0.775. The van der Waals surface area contributed by atoms with Gasteiger partial charge in [0.1, 0.15) is 0 Å². The molecule has 16 heavy (non-hydrogen) atoms. The fourth-order valence-corrected chi connectivity index (χ4v) is 2.31. The van der Waals surface area contributed by atoms with E-state index < -0.39 is 0 Å². The molecule has 1 aromatic rings. The van der Waals surface area contributed by atoms with Crippen molar-refractivity contribution >= 4 is 5.97 Å². The molecular weight excluding hydrogens is 202 g/mol. The number of carbonyl (C=O) groups excluding carboxylic acids is 1. The third-order valence-electron chi connectivity index (χ3n) is 3.22. The predicted molar refractivity (Wildman–Crippen MR) is 62.5 cm³/mol. The summed E-state index contributed by atoms with van der Waals surface area (Å²) in [7, 11) is 1.42. The van der Waals surface area contributed by atoms with Crippen LogP contribution in [0.1, 0.15) is 40.4 Å². The summed E-state index contributed by atoms with van der Waals surface area (Å²) in [6, 6.07) is 6.23. The first kappa shape index (κ1) is 11.1. The van der Waals surface area contributed by atoms with Crippen LogP contribution in [0, 0.1) is 6.92 Å². The molecule has 1 N–H and O–H groups in total. The van der Waals surface area contributed by atoms with E-state index >= 15 is 0 Å². The first-order chi connectivity index (χ1) is 7.74. The number of hydrogen-bond acceptors (Lipinski definition) is 3. The Morgan fingerprint density at radius 2 is 2.31 bits per heavy atom. The van der Waals surface area contributed by atoms with Crippen LogP contribution in [0.3, 0.4) is 0 Å². The largest absolute Gasteiger partial charge is 0.465 e. The summed E-state index contributed by atoms with van der Waals surface area (Å²) in [6.45, 7) is 3.05. The average molecular weight is 219 g/mol. The molecule has 0 saturated carbocycles. The van der Waals surface area contributed by atoms with Crippen LogP contribution < -0.4 is 5.32 Å². The van der Waals surface area contributed by atoms with Crippen LogP contribution in [0.2, 0.25) is 0 Å². The van der Waals surface area contributed by atoms with Crippen molar-refractivity contribution in [2.24, 2.45) is 0 Å². The van der Waals surface area contributed by atoms with Gasteiger partial charge in [-0.3, -0.25) is 0 Å². The average Bonchev–Trinajstić information content (AvgIpc) is 2.82. The lowest BCUT2D eigenvalue weighted by Crippen LogP contribution is -2.15. The fourth-order valence-electron chi connectivity index (χ4n) is 2.31. The lowest BCUT2D eigenvalue weighted by atomic mass is 9.96. The van der Waals surface area contributed by atoms with Gasteiger partial charge >= 0.3 is 5.97 Å². The molecule has 0 aliphatic carbocycles. The molecule has 1 aromatic carbocycles. The van der Waals surface area contributed by atoms with Crippen LogP contribution in [0.25, 0.3) is 0 Å². The van der Waals surface area contributed by atoms with Crippen molar-refractivity contribution in [1.29, 1.82) is 0 Å². The van der Waals surface area contributed by atoms with Gasteiger partial charge in [-0.05, 0) is 43.5 Å². The zero-order valence-corrected chi connectivity index (χ0v) is 9.75. The van der Waals surface area contributed by atoms with E-state index in [-0.39, 0.29) is 5.97 Å². The highest BCUT2D eigenvalue weighted by molar-refractivity contribution is 5.91. The third-order valence-corrected chi connectivity index (χ3v) is 3.22. The molecule has 86 valence electrons. The van der Waals surface area contributed by atoms with E-state index in [1.807, 2.05) is 19.1 Å². The van der Waals surface area contributed by atoms with Crippen molar-refractivity contribution in [2.75, 3.05) is 13.7 Å². The van der Waals surface area contributed by atoms with E-state index in [0.717, 1.165) is 18.5 Å². The molecular formula is C13H17NO2. The second-order valence-corrected chi connectivity index (χ2v) is 4.16. The molecule has 1 fully saturated rings. The van der Waals surface area contributed by atoms with Gasteiger partial charge in [0.25, 0.3) is 0 Å². The number of rotatable bonds is 2. The molecule has 1 heterocycles. The van der Waals surface area contributed by atoms with Crippen molar-refractivity contribution in [3.63, 3.8) is 0 Å². The summed E-state index contributed by atoms with van der Waals surface area (Å²) in [4.78, 5) is 11.6.